The van der Waals surface area contributed by atoms with Gasteiger partial charge in [0.25, 0.3) is 5.82 Å². The molecule has 0 spiro atoms. The number of nitrogens with one attached hydrogen (secondary N) is 1. The summed E-state index contributed by atoms with van der Waals surface area (Å²) in [6.45, 7) is 7.48. The van der Waals surface area contributed by atoms with Gasteiger partial charge in [-0.15, -0.1) is 0 Å². The zero-order valence-electron chi connectivity index (χ0n) is 14.6. The predicted octanol–water partition coefficient (Wildman–Crippen LogP) is 5.03. The molecular weight excluding hydrogens is 300 g/mol. The molecule has 3 heteroatoms. The third kappa shape index (κ3) is 2.16. The van der Waals surface area contributed by atoms with Crippen LogP contribution in [-0.4, -0.2) is 0 Å². The van der Waals surface area contributed by atoms with E-state index in [-0.39, 0.29) is 0 Å². The van der Waals surface area contributed by atoms with Crippen LogP contribution < -0.4 is 9.88 Å². The van der Waals surface area contributed by atoms with Gasteiger partial charge in [-0.1, -0.05) is 50.3 Å². The summed E-state index contributed by atoms with van der Waals surface area (Å²) < 4.78 is 2.40. The molecule has 0 saturated heterocycles. The van der Waals surface area contributed by atoms with Gasteiger partial charge in [0.1, 0.15) is 5.69 Å². The number of nitrogens with zero attached hydrogens (tertiary/aromatic N) is 1. The van der Waals surface area contributed by atoms with E-state index in [0.29, 0.717) is 10.8 Å². The van der Waals surface area contributed by atoms with Gasteiger partial charge in [0, 0.05) is 5.41 Å². The van der Waals surface area contributed by atoms with Crippen LogP contribution >= 0.6 is 11.3 Å². The lowest BCUT2D eigenvalue weighted by atomic mass is 9.41. The number of thiazole rings is 1. The Morgan fingerprint density at radius 3 is 2.57 bits per heavy atom. The summed E-state index contributed by atoms with van der Waals surface area (Å²) in [5.74, 6) is 2.98. The molecule has 0 aliphatic heterocycles. The summed E-state index contributed by atoms with van der Waals surface area (Å²) in [6.07, 6.45) is 4.15. The smallest absolute Gasteiger partial charge is 0.240 e. The zero-order valence-corrected chi connectivity index (χ0v) is 15.4. The highest BCUT2D eigenvalue weighted by Crippen LogP contribution is 2.66. The van der Waals surface area contributed by atoms with Crippen molar-refractivity contribution in [1.29, 1.82) is 0 Å². The van der Waals surface area contributed by atoms with Crippen molar-refractivity contribution in [2.24, 2.45) is 24.3 Å². The van der Waals surface area contributed by atoms with Crippen LogP contribution in [0, 0.1) is 17.3 Å². The second-order valence-electron chi connectivity index (χ2n) is 8.24. The van der Waals surface area contributed by atoms with E-state index >= 15 is 0 Å². The number of fused-ring (bicyclic) bond motifs is 2. The van der Waals surface area contributed by atoms with Gasteiger partial charge in [-0.05, 0) is 48.6 Å². The molecule has 2 unspecified atom stereocenters. The molecule has 3 saturated carbocycles. The molecule has 5 rings (SSSR count). The van der Waals surface area contributed by atoms with Crippen LogP contribution in [0.2, 0.25) is 0 Å². The summed E-state index contributed by atoms with van der Waals surface area (Å²) >= 11 is 1.93. The van der Waals surface area contributed by atoms with E-state index < -0.39 is 0 Å². The monoisotopic (exact) mass is 327 g/mol. The minimum absolute atomic E-state index is 0.328. The van der Waals surface area contributed by atoms with Crippen molar-refractivity contribution in [2.45, 2.75) is 45.4 Å². The molecule has 2 bridgehead atoms. The number of hydrogen-bond donors (Lipinski definition) is 1. The maximum Gasteiger partial charge on any atom is 0.290 e. The van der Waals surface area contributed by atoms with Gasteiger partial charge in [-0.25, -0.2) is 9.88 Å². The van der Waals surface area contributed by atoms with E-state index in [0.717, 1.165) is 17.5 Å². The van der Waals surface area contributed by atoms with Crippen LogP contribution in [0.5, 0.6) is 0 Å². The average molecular weight is 328 g/mol. The predicted molar refractivity (Wildman–Crippen MR) is 97.2 cm³/mol. The Hall–Kier alpha value is -1.35. The van der Waals surface area contributed by atoms with Crippen molar-refractivity contribution in [3.05, 3.63) is 40.7 Å². The van der Waals surface area contributed by atoms with Gasteiger partial charge in [-0.2, -0.15) is 0 Å². The lowest BCUT2D eigenvalue weighted by Gasteiger charge is -2.63. The highest BCUT2D eigenvalue weighted by molar-refractivity contribution is 7.09. The fraction of sp³-hybridized carbons (Fsp3) is 0.550. The lowest BCUT2D eigenvalue weighted by Crippen LogP contribution is -2.60. The van der Waals surface area contributed by atoms with Crippen molar-refractivity contribution >= 4 is 22.8 Å². The maximum absolute atomic E-state index is 3.57. The van der Waals surface area contributed by atoms with Crippen LogP contribution in [0.15, 0.2) is 35.7 Å². The number of anilines is 2. The SMILES string of the molecule is C[n+]1c(Nc2ccccc2)csc1[C@]1(C)CCC2CC1C2(C)C. The van der Waals surface area contributed by atoms with Crippen LogP contribution in [0.1, 0.15) is 45.0 Å². The van der Waals surface area contributed by atoms with E-state index in [1.54, 1.807) is 0 Å². The van der Waals surface area contributed by atoms with Gasteiger partial charge >= 0.3 is 0 Å². The lowest BCUT2D eigenvalue weighted by molar-refractivity contribution is -0.664. The molecule has 3 atom stereocenters. The summed E-state index contributed by atoms with van der Waals surface area (Å²) in [4.78, 5) is 0. The first-order valence-corrected chi connectivity index (χ1v) is 9.61. The standard InChI is InChI=1S/C20H27N2S/c1-19(2)14-10-11-20(3,16(19)12-14)18-22(4)17(13-23-18)21-15-8-6-5-7-9-15/h5-9,13-14,16,21H,10-12H2,1-4H3/q+1/t14?,16?,20-/m1/s1. The normalized spacial score (nSPS) is 31.5. The highest BCUT2D eigenvalue weighted by atomic mass is 32.1. The number of hydrogen-bond acceptors (Lipinski definition) is 2. The molecule has 1 aromatic carbocycles. The molecule has 23 heavy (non-hydrogen) atoms. The first kappa shape index (κ1) is 15.2. The number of benzene rings is 1. The van der Waals surface area contributed by atoms with Crippen molar-refractivity contribution in [1.82, 2.24) is 0 Å². The summed E-state index contributed by atoms with van der Waals surface area (Å²) in [5.41, 5.74) is 2.00. The first-order valence-electron chi connectivity index (χ1n) is 8.73. The molecule has 2 aromatic rings. The fourth-order valence-electron chi connectivity index (χ4n) is 5.17. The van der Waals surface area contributed by atoms with Crippen LogP contribution in [-0.2, 0) is 12.5 Å². The molecule has 122 valence electrons. The molecule has 1 N–H and O–H groups in total. The zero-order chi connectivity index (χ0) is 16.2. The largest absolute Gasteiger partial charge is 0.290 e. The van der Waals surface area contributed by atoms with E-state index in [9.17, 15) is 0 Å². The average Bonchev–Trinajstić information content (AvgIpc) is 2.90. The van der Waals surface area contributed by atoms with Gasteiger partial charge in [0.05, 0.1) is 12.4 Å². The molecule has 0 amide bonds. The third-order valence-corrected chi connectivity index (χ3v) is 8.04. The molecule has 3 fully saturated rings. The Bertz CT molecular complexity index is 716. The maximum atomic E-state index is 3.57. The Morgan fingerprint density at radius 1 is 1.17 bits per heavy atom. The number of rotatable bonds is 3. The summed E-state index contributed by atoms with van der Waals surface area (Å²) in [5, 5.41) is 7.39. The van der Waals surface area contributed by atoms with Crippen molar-refractivity contribution in [3.63, 3.8) is 0 Å². The minimum Gasteiger partial charge on any atom is -0.240 e. The minimum atomic E-state index is 0.328. The Morgan fingerprint density at radius 2 is 1.91 bits per heavy atom. The van der Waals surface area contributed by atoms with E-state index in [1.165, 1.54) is 30.1 Å². The van der Waals surface area contributed by atoms with E-state index in [1.807, 2.05) is 11.3 Å². The molecule has 0 radical (unpaired) electrons. The third-order valence-electron chi connectivity index (χ3n) is 6.73. The van der Waals surface area contributed by atoms with Crippen LogP contribution in [0.3, 0.4) is 0 Å². The van der Waals surface area contributed by atoms with Gasteiger partial charge in [0.2, 0.25) is 0 Å². The summed E-state index contributed by atoms with van der Waals surface area (Å²) in [6, 6.07) is 10.5. The quantitative estimate of drug-likeness (QED) is 0.782. The number of aromatic nitrogens is 1. The fourth-order valence-corrected chi connectivity index (χ4v) is 6.38. The highest BCUT2D eigenvalue weighted by Gasteiger charge is 2.61. The molecule has 3 aliphatic rings. The molecule has 2 nitrogen and oxygen atoms in total. The van der Waals surface area contributed by atoms with Crippen LogP contribution in [0.25, 0.3) is 0 Å². The van der Waals surface area contributed by atoms with E-state index in [2.05, 4.69) is 73.4 Å². The van der Waals surface area contributed by atoms with E-state index in [4.69, 9.17) is 0 Å². The second-order valence-corrected chi connectivity index (χ2v) is 9.10. The Labute approximate surface area is 143 Å². The molecule has 1 aromatic heterocycles. The molecule has 3 aliphatic carbocycles. The second kappa shape index (κ2) is 5.07. The van der Waals surface area contributed by atoms with Crippen molar-refractivity contribution in [3.8, 4) is 0 Å². The van der Waals surface area contributed by atoms with Crippen LogP contribution in [0.4, 0.5) is 11.5 Å². The first-order chi connectivity index (χ1) is 10.9. The Balaban J connectivity index is 1.65. The Kier molecular flexibility index (Phi) is 3.35. The summed E-state index contributed by atoms with van der Waals surface area (Å²) in [7, 11) is 2.22. The van der Waals surface area contributed by atoms with Gasteiger partial charge in [-0.3, -0.25) is 0 Å². The van der Waals surface area contributed by atoms with Gasteiger partial charge in [0.15, 0.2) is 5.01 Å². The van der Waals surface area contributed by atoms with Crippen molar-refractivity contribution in [2.75, 3.05) is 5.32 Å². The molecular formula is C20H27N2S+. The number of para-hydroxylation sites is 1. The molecule has 1 heterocycles. The van der Waals surface area contributed by atoms with Gasteiger partial charge < -0.3 is 0 Å². The topological polar surface area (TPSA) is 15.9 Å². The van der Waals surface area contributed by atoms with Crippen molar-refractivity contribution < 1.29 is 4.57 Å².